The predicted octanol–water partition coefficient (Wildman–Crippen LogP) is 4.31. The molecule has 0 bridgehead atoms. The molecule has 2 aromatic carbocycles. The van der Waals surface area contributed by atoms with Crippen molar-refractivity contribution in [2.75, 3.05) is 31.7 Å². The summed E-state index contributed by atoms with van der Waals surface area (Å²) < 4.78 is 11.2. The molecule has 3 heterocycles. The molecule has 150 valence electrons. The van der Waals surface area contributed by atoms with Crippen LogP contribution in [0.3, 0.4) is 0 Å². The normalized spacial score (nSPS) is 27.2. The molecule has 3 saturated heterocycles. The average molecular weight is 381 g/mol. The number of benzene rings is 2. The molecule has 0 unspecified atom stereocenters. The summed E-state index contributed by atoms with van der Waals surface area (Å²) in [6, 6.07) is 15.2. The summed E-state index contributed by atoms with van der Waals surface area (Å²) >= 11 is 0. The van der Waals surface area contributed by atoms with E-state index < -0.39 is 0 Å². The number of ether oxygens (including phenoxy) is 2. The van der Waals surface area contributed by atoms with Crippen LogP contribution in [-0.4, -0.2) is 48.6 Å². The second-order valence-electron chi connectivity index (χ2n) is 8.74. The van der Waals surface area contributed by atoms with Gasteiger partial charge >= 0.3 is 0 Å². The van der Waals surface area contributed by atoms with E-state index >= 15 is 0 Å². The lowest BCUT2D eigenvalue weighted by Gasteiger charge is -2.66. The summed E-state index contributed by atoms with van der Waals surface area (Å²) in [7, 11) is 0. The van der Waals surface area contributed by atoms with Crippen molar-refractivity contribution in [3.63, 3.8) is 0 Å². The first-order valence-corrected chi connectivity index (χ1v) is 10.6. The molecule has 28 heavy (non-hydrogen) atoms. The monoisotopic (exact) mass is 381 g/mol. The predicted molar refractivity (Wildman–Crippen MR) is 111 cm³/mol. The van der Waals surface area contributed by atoms with Crippen LogP contribution in [0.25, 0.3) is 10.8 Å². The number of hydrogen-bond acceptors (Lipinski definition) is 5. The Morgan fingerprint density at radius 3 is 2.04 bits per heavy atom. The van der Waals surface area contributed by atoms with E-state index in [2.05, 4.69) is 47.8 Å². The number of hydroxylamine groups is 2. The summed E-state index contributed by atoms with van der Waals surface area (Å²) in [4.78, 5) is 0. The van der Waals surface area contributed by atoms with E-state index in [1.54, 1.807) is 0 Å². The number of anilines is 1. The van der Waals surface area contributed by atoms with Gasteiger partial charge in [-0.25, -0.2) is 0 Å². The minimum atomic E-state index is -0.309. The van der Waals surface area contributed by atoms with E-state index in [4.69, 9.17) is 9.47 Å². The zero-order valence-corrected chi connectivity index (χ0v) is 16.4. The molecule has 2 spiro atoms. The van der Waals surface area contributed by atoms with Crippen LogP contribution in [0, 0.1) is 5.21 Å². The molecular weight excluding hydrogens is 352 g/mol. The third-order valence-electron chi connectivity index (χ3n) is 7.11. The van der Waals surface area contributed by atoms with Crippen LogP contribution >= 0.6 is 0 Å². The van der Waals surface area contributed by atoms with Gasteiger partial charge in [0.15, 0.2) is 0 Å². The molecule has 0 saturated carbocycles. The molecule has 5 rings (SSSR count). The van der Waals surface area contributed by atoms with Crippen LogP contribution in [0.4, 0.5) is 5.69 Å². The SMILES string of the molecule is [O-]N1C2(CCOCC2)CC(Nc2cccc3ccccc23)CC12CCOCC2. The lowest BCUT2D eigenvalue weighted by Crippen LogP contribution is -2.67. The Labute approximate surface area is 166 Å². The van der Waals surface area contributed by atoms with E-state index in [-0.39, 0.29) is 17.1 Å². The highest BCUT2D eigenvalue weighted by Gasteiger charge is 2.50. The van der Waals surface area contributed by atoms with Crippen molar-refractivity contribution in [3.8, 4) is 0 Å². The van der Waals surface area contributed by atoms with Crippen molar-refractivity contribution in [3.05, 3.63) is 47.7 Å². The second kappa shape index (κ2) is 7.30. The number of piperidine rings is 1. The van der Waals surface area contributed by atoms with Gasteiger partial charge in [0.05, 0.1) is 0 Å². The quantitative estimate of drug-likeness (QED) is 0.840. The number of nitrogens with zero attached hydrogens (tertiary/aromatic N) is 1. The van der Waals surface area contributed by atoms with Gasteiger partial charge in [0.2, 0.25) is 0 Å². The number of rotatable bonds is 2. The van der Waals surface area contributed by atoms with Crippen LogP contribution in [-0.2, 0) is 9.47 Å². The van der Waals surface area contributed by atoms with Gasteiger partial charge in [0, 0.05) is 54.6 Å². The van der Waals surface area contributed by atoms with Gasteiger partial charge in [-0.3, -0.25) is 0 Å². The molecule has 1 N–H and O–H groups in total. The molecule has 0 radical (unpaired) electrons. The van der Waals surface area contributed by atoms with Gasteiger partial charge in [0.25, 0.3) is 0 Å². The van der Waals surface area contributed by atoms with Crippen LogP contribution in [0.5, 0.6) is 0 Å². The highest BCUT2D eigenvalue weighted by atomic mass is 16.5. The van der Waals surface area contributed by atoms with Crippen molar-refractivity contribution in [2.24, 2.45) is 0 Å². The lowest BCUT2D eigenvalue weighted by atomic mass is 9.69. The maximum absolute atomic E-state index is 13.7. The highest BCUT2D eigenvalue weighted by molar-refractivity contribution is 5.93. The highest BCUT2D eigenvalue weighted by Crippen LogP contribution is 2.48. The van der Waals surface area contributed by atoms with Crippen LogP contribution in [0.1, 0.15) is 38.5 Å². The van der Waals surface area contributed by atoms with Gasteiger partial charge in [-0.15, -0.1) is 0 Å². The maximum atomic E-state index is 13.7. The van der Waals surface area contributed by atoms with E-state index in [1.165, 1.54) is 21.5 Å². The zero-order valence-electron chi connectivity index (χ0n) is 16.4. The van der Waals surface area contributed by atoms with Gasteiger partial charge in [-0.1, -0.05) is 36.4 Å². The standard InChI is InChI=1S/C23H29N2O3/c26-25-22(8-12-27-13-9-22)16-19(17-23(25)10-14-28-15-11-23)24-21-7-3-5-18-4-1-2-6-20(18)21/h1-7,19,24H,8-17H2/q-1. The molecule has 0 aliphatic carbocycles. The Morgan fingerprint density at radius 2 is 1.39 bits per heavy atom. The molecule has 2 aromatic rings. The van der Waals surface area contributed by atoms with E-state index in [0.29, 0.717) is 26.4 Å². The molecule has 0 aromatic heterocycles. The van der Waals surface area contributed by atoms with Crippen molar-refractivity contribution < 1.29 is 9.47 Å². The smallest absolute Gasteiger partial charge is 0.0483 e. The third-order valence-corrected chi connectivity index (χ3v) is 7.11. The van der Waals surface area contributed by atoms with Gasteiger partial charge in [-0.05, 0) is 50.0 Å². The summed E-state index contributed by atoms with van der Waals surface area (Å²) in [6.07, 6.45) is 5.07. The first-order chi connectivity index (χ1) is 13.7. The molecule has 3 fully saturated rings. The third kappa shape index (κ3) is 3.11. The Balaban J connectivity index is 1.48. The van der Waals surface area contributed by atoms with Gasteiger partial charge in [-0.2, -0.15) is 0 Å². The molecule has 0 amide bonds. The van der Waals surface area contributed by atoms with Crippen molar-refractivity contribution in [2.45, 2.75) is 55.6 Å². The van der Waals surface area contributed by atoms with Gasteiger partial charge < -0.3 is 25.1 Å². The van der Waals surface area contributed by atoms with E-state index in [1.807, 2.05) is 0 Å². The lowest BCUT2D eigenvalue weighted by molar-refractivity contribution is -0.120. The number of fused-ring (bicyclic) bond motifs is 1. The minimum absolute atomic E-state index is 0.284. The summed E-state index contributed by atoms with van der Waals surface area (Å²) in [5.74, 6) is 0. The van der Waals surface area contributed by atoms with E-state index in [0.717, 1.165) is 38.5 Å². The Hall–Kier alpha value is -1.66. The van der Waals surface area contributed by atoms with Crippen molar-refractivity contribution in [1.82, 2.24) is 5.06 Å². The number of hydrogen-bond donors (Lipinski definition) is 1. The Morgan fingerprint density at radius 1 is 0.821 bits per heavy atom. The van der Waals surface area contributed by atoms with Crippen molar-refractivity contribution >= 4 is 16.5 Å². The molecule has 0 atom stereocenters. The molecule has 3 aliphatic rings. The topological polar surface area (TPSA) is 56.8 Å². The summed E-state index contributed by atoms with van der Waals surface area (Å²) in [6.45, 7) is 2.75. The second-order valence-corrected chi connectivity index (χ2v) is 8.74. The Bertz CT molecular complexity index is 794. The van der Waals surface area contributed by atoms with Crippen LogP contribution < -0.4 is 5.32 Å². The fourth-order valence-electron chi connectivity index (χ4n) is 5.65. The molecule has 3 aliphatic heterocycles. The molecule has 5 heteroatoms. The zero-order chi connectivity index (χ0) is 19.0. The fraction of sp³-hybridized carbons (Fsp3) is 0.565. The fourth-order valence-corrected chi connectivity index (χ4v) is 5.65. The maximum Gasteiger partial charge on any atom is 0.0483 e. The average Bonchev–Trinajstić information content (AvgIpc) is 2.74. The van der Waals surface area contributed by atoms with Crippen LogP contribution in [0.2, 0.25) is 0 Å². The van der Waals surface area contributed by atoms with Gasteiger partial charge in [0.1, 0.15) is 0 Å². The summed E-state index contributed by atoms with van der Waals surface area (Å²) in [5.41, 5.74) is 0.554. The first-order valence-electron chi connectivity index (χ1n) is 10.6. The largest absolute Gasteiger partial charge is 0.784 e. The first kappa shape index (κ1) is 18.4. The van der Waals surface area contributed by atoms with Crippen molar-refractivity contribution in [1.29, 1.82) is 0 Å². The molecular formula is C23H29N2O3-. The van der Waals surface area contributed by atoms with E-state index in [9.17, 15) is 5.21 Å². The molecule has 5 nitrogen and oxygen atoms in total. The number of nitrogens with one attached hydrogen (secondary N) is 1. The Kier molecular flexibility index (Phi) is 4.79. The minimum Gasteiger partial charge on any atom is -0.784 e. The van der Waals surface area contributed by atoms with Crippen LogP contribution in [0.15, 0.2) is 42.5 Å². The summed E-state index contributed by atoms with van der Waals surface area (Å²) in [5, 5.41) is 21.5.